The molecule has 2 rings (SSSR count). The number of amides is 1. The Morgan fingerprint density at radius 2 is 2.25 bits per heavy atom. The summed E-state index contributed by atoms with van der Waals surface area (Å²) in [5.41, 5.74) is 1.22. The fraction of sp³-hybridized carbons (Fsp3) is 0.111. The van der Waals surface area contributed by atoms with E-state index in [2.05, 4.69) is 10.3 Å². The number of nitrogens with zero attached hydrogens (tertiary/aromatic N) is 1. The molecule has 1 aromatic heterocycles. The maximum Gasteiger partial charge on any atom is 0.488 e. The lowest BCUT2D eigenvalue weighted by atomic mass is 9.80. The zero-order valence-corrected chi connectivity index (χ0v) is 8.47. The fourth-order valence-electron chi connectivity index (χ4n) is 1.31. The second kappa shape index (κ2) is 3.95. The van der Waals surface area contributed by atoms with Crippen molar-refractivity contribution in [3.05, 3.63) is 18.2 Å². The molecule has 1 aromatic carbocycles. The van der Waals surface area contributed by atoms with E-state index in [1.165, 1.54) is 19.1 Å². The van der Waals surface area contributed by atoms with Gasteiger partial charge in [-0.2, -0.15) is 4.98 Å². The number of carbonyl (C=O) groups is 1. The van der Waals surface area contributed by atoms with Crippen LogP contribution in [0.3, 0.4) is 0 Å². The Balaban J connectivity index is 2.41. The third-order valence-electron chi connectivity index (χ3n) is 1.99. The molecule has 0 bridgehead atoms. The molecular weight excluding hydrogens is 211 g/mol. The first-order chi connectivity index (χ1) is 7.56. The molecule has 3 N–H and O–H groups in total. The van der Waals surface area contributed by atoms with Gasteiger partial charge in [-0.3, -0.25) is 10.1 Å². The Bertz CT molecular complexity index is 537. The summed E-state index contributed by atoms with van der Waals surface area (Å²) in [4.78, 5) is 14.8. The van der Waals surface area contributed by atoms with Crippen molar-refractivity contribution in [2.24, 2.45) is 0 Å². The topological polar surface area (TPSA) is 95.6 Å². The summed E-state index contributed by atoms with van der Waals surface area (Å²) in [6, 6.07) is 4.65. The van der Waals surface area contributed by atoms with Crippen LogP contribution in [0.1, 0.15) is 6.92 Å². The maximum absolute atomic E-state index is 10.8. The zero-order chi connectivity index (χ0) is 11.7. The van der Waals surface area contributed by atoms with Gasteiger partial charge in [0, 0.05) is 6.92 Å². The van der Waals surface area contributed by atoms with Crippen molar-refractivity contribution in [2.75, 3.05) is 5.32 Å². The monoisotopic (exact) mass is 220 g/mol. The van der Waals surface area contributed by atoms with Crippen molar-refractivity contribution in [3.63, 3.8) is 0 Å². The van der Waals surface area contributed by atoms with Gasteiger partial charge in [0.25, 0.3) is 0 Å². The Morgan fingerprint density at radius 1 is 1.50 bits per heavy atom. The highest BCUT2D eigenvalue weighted by Crippen LogP contribution is 2.17. The van der Waals surface area contributed by atoms with E-state index in [1.807, 2.05) is 0 Å². The van der Waals surface area contributed by atoms with Crippen molar-refractivity contribution in [1.29, 1.82) is 0 Å². The smallest absolute Gasteiger partial charge is 0.423 e. The lowest BCUT2D eigenvalue weighted by Crippen LogP contribution is -2.29. The van der Waals surface area contributed by atoms with E-state index in [9.17, 15) is 4.79 Å². The van der Waals surface area contributed by atoms with Crippen LogP contribution in [0.25, 0.3) is 11.1 Å². The average Bonchev–Trinajstić information content (AvgIpc) is 2.56. The van der Waals surface area contributed by atoms with Crippen LogP contribution < -0.4 is 10.8 Å². The summed E-state index contributed by atoms with van der Waals surface area (Å²) in [5, 5.41) is 20.3. The van der Waals surface area contributed by atoms with Gasteiger partial charge in [-0.25, -0.2) is 0 Å². The number of oxazole rings is 1. The molecule has 0 unspecified atom stereocenters. The van der Waals surface area contributed by atoms with E-state index in [4.69, 9.17) is 14.5 Å². The Morgan fingerprint density at radius 3 is 2.88 bits per heavy atom. The summed E-state index contributed by atoms with van der Waals surface area (Å²) < 4.78 is 5.20. The highest BCUT2D eigenvalue weighted by Gasteiger charge is 2.14. The molecule has 0 atom stereocenters. The van der Waals surface area contributed by atoms with Crippen molar-refractivity contribution >= 4 is 35.6 Å². The van der Waals surface area contributed by atoms with E-state index in [0.717, 1.165) is 0 Å². The normalized spacial score (nSPS) is 10.4. The molecule has 16 heavy (non-hydrogen) atoms. The first-order valence-corrected chi connectivity index (χ1v) is 4.60. The van der Waals surface area contributed by atoms with Crippen LogP contribution in [0.4, 0.5) is 6.01 Å². The van der Waals surface area contributed by atoms with Crippen LogP contribution in [-0.2, 0) is 4.79 Å². The number of hydrogen-bond donors (Lipinski definition) is 3. The third kappa shape index (κ3) is 2.05. The standard InChI is InChI=1S/C9H9BN2O4/c1-5(13)11-9-12-7-3-2-6(10(14)15)4-8(7)16-9/h2-4,14-15H,1H3,(H,11,12,13). The van der Waals surface area contributed by atoms with Gasteiger partial charge in [-0.05, 0) is 17.6 Å². The van der Waals surface area contributed by atoms with Crippen LogP contribution >= 0.6 is 0 Å². The second-order valence-corrected chi connectivity index (χ2v) is 3.30. The van der Waals surface area contributed by atoms with Crippen molar-refractivity contribution < 1.29 is 19.3 Å². The van der Waals surface area contributed by atoms with Crippen molar-refractivity contribution in [1.82, 2.24) is 4.98 Å². The van der Waals surface area contributed by atoms with E-state index in [0.29, 0.717) is 16.6 Å². The molecule has 6 nitrogen and oxygen atoms in total. The molecule has 0 aliphatic carbocycles. The molecule has 0 radical (unpaired) electrons. The fourth-order valence-corrected chi connectivity index (χ4v) is 1.31. The quantitative estimate of drug-likeness (QED) is 0.591. The number of benzene rings is 1. The van der Waals surface area contributed by atoms with Gasteiger partial charge in [-0.1, -0.05) is 6.07 Å². The molecule has 0 spiro atoms. The summed E-state index contributed by atoms with van der Waals surface area (Å²) in [6.45, 7) is 1.35. The van der Waals surface area contributed by atoms with Crippen LogP contribution in [0.15, 0.2) is 22.6 Å². The van der Waals surface area contributed by atoms with E-state index < -0.39 is 7.12 Å². The molecule has 82 valence electrons. The molecule has 0 fully saturated rings. The molecule has 0 aliphatic heterocycles. The molecular formula is C9H9BN2O4. The van der Waals surface area contributed by atoms with E-state index in [1.54, 1.807) is 6.07 Å². The molecule has 0 saturated carbocycles. The minimum absolute atomic E-state index is 0.0899. The van der Waals surface area contributed by atoms with Crippen molar-refractivity contribution in [2.45, 2.75) is 6.92 Å². The summed E-state index contributed by atoms with van der Waals surface area (Å²) >= 11 is 0. The van der Waals surface area contributed by atoms with Gasteiger partial charge >= 0.3 is 13.1 Å². The SMILES string of the molecule is CC(=O)Nc1nc2ccc(B(O)O)cc2o1. The van der Waals surface area contributed by atoms with Gasteiger partial charge in [-0.15, -0.1) is 0 Å². The molecule has 2 aromatic rings. The van der Waals surface area contributed by atoms with Gasteiger partial charge < -0.3 is 14.5 Å². The van der Waals surface area contributed by atoms with E-state index >= 15 is 0 Å². The minimum atomic E-state index is -1.56. The van der Waals surface area contributed by atoms with Crippen LogP contribution in [0.2, 0.25) is 0 Å². The maximum atomic E-state index is 10.8. The summed E-state index contributed by atoms with van der Waals surface area (Å²) in [6.07, 6.45) is 0. The second-order valence-electron chi connectivity index (χ2n) is 3.30. The minimum Gasteiger partial charge on any atom is -0.423 e. The van der Waals surface area contributed by atoms with Crippen LogP contribution in [0.5, 0.6) is 0 Å². The Kier molecular flexibility index (Phi) is 2.63. The number of aromatic nitrogens is 1. The lowest BCUT2D eigenvalue weighted by molar-refractivity contribution is -0.114. The molecule has 0 saturated heterocycles. The number of rotatable bonds is 2. The zero-order valence-electron chi connectivity index (χ0n) is 8.47. The number of nitrogens with one attached hydrogen (secondary N) is 1. The Labute approximate surface area is 91.0 Å². The van der Waals surface area contributed by atoms with Gasteiger partial charge in [0.05, 0.1) is 0 Å². The predicted molar refractivity (Wildman–Crippen MR) is 58.1 cm³/mol. The third-order valence-corrected chi connectivity index (χ3v) is 1.99. The largest absolute Gasteiger partial charge is 0.488 e. The van der Waals surface area contributed by atoms with Crippen LogP contribution in [-0.4, -0.2) is 28.1 Å². The molecule has 1 amide bonds. The predicted octanol–water partition coefficient (Wildman–Crippen LogP) is -0.534. The first-order valence-electron chi connectivity index (χ1n) is 4.60. The number of carbonyl (C=O) groups excluding carboxylic acids is 1. The van der Waals surface area contributed by atoms with Crippen molar-refractivity contribution in [3.8, 4) is 0 Å². The average molecular weight is 220 g/mol. The highest BCUT2D eigenvalue weighted by molar-refractivity contribution is 6.58. The Hall–Kier alpha value is -1.86. The molecule has 7 heteroatoms. The highest BCUT2D eigenvalue weighted by atomic mass is 16.4. The molecule has 0 aliphatic rings. The summed E-state index contributed by atoms with van der Waals surface area (Å²) in [7, 11) is -1.56. The van der Waals surface area contributed by atoms with E-state index in [-0.39, 0.29) is 11.9 Å². The molecule has 1 heterocycles. The van der Waals surface area contributed by atoms with Gasteiger partial charge in [0.2, 0.25) is 5.91 Å². The number of anilines is 1. The summed E-state index contributed by atoms with van der Waals surface area (Å²) in [5.74, 6) is -0.283. The number of hydrogen-bond acceptors (Lipinski definition) is 5. The first kappa shape index (κ1) is 10.7. The van der Waals surface area contributed by atoms with Gasteiger partial charge in [0.15, 0.2) is 5.58 Å². The van der Waals surface area contributed by atoms with Gasteiger partial charge in [0.1, 0.15) is 5.52 Å². The lowest BCUT2D eigenvalue weighted by Gasteiger charge is -1.96. The van der Waals surface area contributed by atoms with Crippen LogP contribution in [0, 0.1) is 0 Å². The number of fused-ring (bicyclic) bond motifs is 1.